The number of hydrogen-bond acceptors (Lipinski definition) is 7. The van der Waals surface area contributed by atoms with Gasteiger partial charge in [-0.05, 0) is 13.8 Å². The second kappa shape index (κ2) is 6.99. The number of urea groups is 1. The van der Waals surface area contributed by atoms with Crippen LogP contribution in [0.5, 0.6) is 0 Å². The molecule has 0 radical (unpaired) electrons. The SMILES string of the molecule is CC(CSC1=C(C(=O)O)N2C(=O)[C@H](C(C)O)[C@H]2S1)NNC(N)=O. The fourth-order valence-electron chi connectivity index (χ4n) is 2.29. The molecule has 2 rings (SSSR count). The first kappa shape index (κ1) is 17.9. The summed E-state index contributed by atoms with van der Waals surface area (Å²) in [5.74, 6) is -1.66. The second-order valence-electron chi connectivity index (χ2n) is 5.27. The van der Waals surface area contributed by atoms with Gasteiger partial charge >= 0.3 is 12.0 Å². The van der Waals surface area contributed by atoms with Gasteiger partial charge in [-0.25, -0.2) is 15.0 Å². The van der Waals surface area contributed by atoms with E-state index in [1.807, 2.05) is 0 Å². The number of hydrazine groups is 1. The molecule has 0 aromatic rings. The quantitative estimate of drug-likeness (QED) is 0.299. The Morgan fingerprint density at radius 3 is 2.65 bits per heavy atom. The normalized spacial score (nSPS) is 25.7. The van der Waals surface area contributed by atoms with Crippen LogP contribution in [0.2, 0.25) is 0 Å². The van der Waals surface area contributed by atoms with Crippen molar-refractivity contribution in [1.29, 1.82) is 0 Å². The van der Waals surface area contributed by atoms with Crippen molar-refractivity contribution in [3.05, 3.63) is 9.93 Å². The molecule has 0 aromatic heterocycles. The molecule has 2 aliphatic rings. The van der Waals surface area contributed by atoms with Gasteiger partial charge < -0.3 is 15.9 Å². The number of hydrogen-bond donors (Lipinski definition) is 5. The number of thioether (sulfide) groups is 2. The third-order valence-electron chi connectivity index (χ3n) is 3.37. The Hall–Kier alpha value is -1.43. The lowest BCUT2D eigenvalue weighted by molar-refractivity contribution is -0.156. The number of nitrogens with two attached hydrogens (primary N) is 1. The molecule has 1 fully saturated rings. The number of β-lactam (4-membered cyclic amide) rings is 1. The largest absolute Gasteiger partial charge is 0.477 e. The number of primary amides is 1. The van der Waals surface area contributed by atoms with Crippen molar-refractivity contribution < 1.29 is 24.6 Å². The maximum atomic E-state index is 12.0. The number of aliphatic carboxylic acids is 1. The molecule has 2 heterocycles. The number of nitrogens with zero attached hydrogens (tertiary/aromatic N) is 1. The number of amides is 3. The summed E-state index contributed by atoms with van der Waals surface area (Å²) in [6.45, 7) is 3.32. The van der Waals surface area contributed by atoms with Crippen molar-refractivity contribution in [2.45, 2.75) is 31.4 Å². The van der Waals surface area contributed by atoms with E-state index >= 15 is 0 Å². The standard InChI is InChI=1S/C12H18N4O5S2/c1-4(14-15-12(13)21)3-22-11-7(10(19)20)16-8(18)6(5(2)17)9(16)23-11/h4-6,9,14,17H,3H2,1-2H3,(H,19,20)(H3,13,15,21)/t4?,5?,6-,9+/m0/s1. The molecule has 6 N–H and O–H groups in total. The summed E-state index contributed by atoms with van der Waals surface area (Å²) >= 11 is 2.55. The number of fused-ring (bicyclic) bond motifs is 1. The molecular formula is C12H18N4O5S2. The van der Waals surface area contributed by atoms with Crippen LogP contribution in [-0.4, -0.2) is 56.3 Å². The van der Waals surface area contributed by atoms with Crippen LogP contribution in [0.1, 0.15) is 13.8 Å². The lowest BCUT2D eigenvalue weighted by Crippen LogP contribution is -2.60. The molecule has 3 amide bonds. The molecule has 9 nitrogen and oxygen atoms in total. The molecule has 0 aromatic carbocycles. The van der Waals surface area contributed by atoms with E-state index in [1.165, 1.54) is 35.3 Å². The van der Waals surface area contributed by atoms with Crippen LogP contribution in [0.25, 0.3) is 0 Å². The summed E-state index contributed by atoms with van der Waals surface area (Å²) in [6.07, 6.45) is -0.823. The number of rotatable bonds is 7. The maximum absolute atomic E-state index is 12.0. The van der Waals surface area contributed by atoms with E-state index in [1.54, 1.807) is 6.92 Å². The summed E-state index contributed by atoms with van der Waals surface area (Å²) in [5.41, 5.74) is 9.84. The summed E-state index contributed by atoms with van der Waals surface area (Å²) in [6, 6.07) is -0.871. The van der Waals surface area contributed by atoms with Gasteiger partial charge in [0, 0.05) is 11.8 Å². The Kier molecular flexibility index (Phi) is 5.45. The summed E-state index contributed by atoms with van der Waals surface area (Å²) in [7, 11) is 0. The molecular weight excluding hydrogens is 344 g/mol. The minimum atomic E-state index is -1.17. The van der Waals surface area contributed by atoms with Gasteiger partial charge in [-0.15, -0.1) is 11.8 Å². The first-order chi connectivity index (χ1) is 10.7. The molecule has 0 bridgehead atoms. The van der Waals surface area contributed by atoms with Crippen molar-refractivity contribution in [2.75, 3.05) is 5.75 Å². The molecule has 128 valence electrons. The topological polar surface area (TPSA) is 145 Å². The minimum absolute atomic E-state index is 0.0399. The van der Waals surface area contributed by atoms with Crippen LogP contribution in [0.15, 0.2) is 9.93 Å². The fraction of sp³-hybridized carbons (Fsp3) is 0.583. The molecule has 11 heteroatoms. The van der Waals surface area contributed by atoms with Gasteiger partial charge in [-0.3, -0.25) is 15.1 Å². The molecule has 2 aliphatic heterocycles. The highest BCUT2D eigenvalue weighted by molar-refractivity contribution is 8.22. The highest BCUT2D eigenvalue weighted by Crippen LogP contribution is 2.53. The predicted molar refractivity (Wildman–Crippen MR) is 85.8 cm³/mol. The number of aliphatic hydroxyl groups excluding tert-OH is 1. The Labute approximate surface area is 141 Å². The summed E-state index contributed by atoms with van der Waals surface area (Å²) in [5, 5.41) is 18.6. The zero-order valence-electron chi connectivity index (χ0n) is 12.5. The minimum Gasteiger partial charge on any atom is -0.477 e. The van der Waals surface area contributed by atoms with Gasteiger partial charge in [0.25, 0.3) is 0 Å². The molecule has 23 heavy (non-hydrogen) atoms. The van der Waals surface area contributed by atoms with Gasteiger partial charge in [-0.2, -0.15) is 0 Å². The number of aliphatic hydroxyl groups is 1. The number of nitrogens with one attached hydrogen (secondary N) is 2. The van der Waals surface area contributed by atoms with Crippen molar-refractivity contribution >= 4 is 41.4 Å². The Morgan fingerprint density at radius 1 is 1.48 bits per heavy atom. The monoisotopic (exact) mass is 362 g/mol. The van der Waals surface area contributed by atoms with E-state index in [-0.39, 0.29) is 23.0 Å². The average molecular weight is 362 g/mol. The van der Waals surface area contributed by atoms with E-state index in [2.05, 4.69) is 10.9 Å². The number of carboxylic acid groups (broad SMARTS) is 1. The van der Waals surface area contributed by atoms with Gasteiger partial charge in [0.2, 0.25) is 5.91 Å². The smallest absolute Gasteiger partial charge is 0.354 e. The average Bonchev–Trinajstić information content (AvgIpc) is 2.76. The number of carbonyl (C=O) groups is 3. The van der Waals surface area contributed by atoms with Crippen molar-refractivity contribution in [3.63, 3.8) is 0 Å². The maximum Gasteiger partial charge on any atom is 0.354 e. The molecule has 0 aliphatic carbocycles. The van der Waals surface area contributed by atoms with E-state index in [9.17, 15) is 24.6 Å². The lowest BCUT2D eigenvalue weighted by atomic mass is 9.92. The molecule has 0 spiro atoms. The van der Waals surface area contributed by atoms with E-state index in [4.69, 9.17) is 5.73 Å². The molecule has 1 saturated heterocycles. The molecule has 0 saturated carbocycles. The fourth-order valence-corrected chi connectivity index (χ4v) is 5.19. The van der Waals surface area contributed by atoms with E-state index in [0.29, 0.717) is 9.99 Å². The lowest BCUT2D eigenvalue weighted by Gasteiger charge is -2.43. The van der Waals surface area contributed by atoms with Crippen molar-refractivity contribution in [1.82, 2.24) is 15.8 Å². The van der Waals surface area contributed by atoms with Crippen LogP contribution in [-0.2, 0) is 9.59 Å². The highest BCUT2D eigenvalue weighted by atomic mass is 32.2. The first-order valence-corrected chi connectivity index (χ1v) is 8.69. The van der Waals surface area contributed by atoms with E-state index < -0.39 is 24.0 Å². The summed E-state index contributed by atoms with van der Waals surface area (Å²) in [4.78, 5) is 35.3. The molecule has 2 unspecified atom stereocenters. The zero-order valence-corrected chi connectivity index (χ0v) is 14.1. The van der Waals surface area contributed by atoms with Gasteiger partial charge in [0.1, 0.15) is 5.37 Å². The van der Waals surface area contributed by atoms with Gasteiger partial charge in [-0.1, -0.05) is 11.8 Å². The van der Waals surface area contributed by atoms with Gasteiger partial charge in [0.15, 0.2) is 5.70 Å². The Bertz CT molecular complexity index is 568. The Morgan fingerprint density at radius 2 is 2.13 bits per heavy atom. The van der Waals surface area contributed by atoms with Crippen molar-refractivity contribution in [3.8, 4) is 0 Å². The van der Waals surface area contributed by atoms with Crippen molar-refractivity contribution in [2.24, 2.45) is 11.7 Å². The second-order valence-corrected chi connectivity index (χ2v) is 7.69. The Balaban J connectivity index is 2.02. The first-order valence-electron chi connectivity index (χ1n) is 6.83. The third kappa shape index (κ3) is 3.57. The zero-order chi connectivity index (χ0) is 17.3. The van der Waals surface area contributed by atoms with Crippen LogP contribution < -0.4 is 16.6 Å². The number of carbonyl (C=O) groups excluding carboxylic acids is 2. The third-order valence-corrected chi connectivity index (χ3v) is 6.29. The van der Waals surface area contributed by atoms with Crippen LogP contribution in [0.3, 0.4) is 0 Å². The summed E-state index contributed by atoms with van der Waals surface area (Å²) < 4.78 is 0.520. The van der Waals surface area contributed by atoms with Crippen LogP contribution in [0.4, 0.5) is 4.79 Å². The van der Waals surface area contributed by atoms with Gasteiger partial charge in [0.05, 0.1) is 16.3 Å². The molecule has 4 atom stereocenters. The van der Waals surface area contributed by atoms with E-state index in [0.717, 1.165) is 0 Å². The van der Waals surface area contributed by atoms with Crippen LogP contribution in [0, 0.1) is 5.92 Å². The highest BCUT2D eigenvalue weighted by Gasteiger charge is 2.57. The predicted octanol–water partition coefficient (Wildman–Crippen LogP) is -0.553. The number of carboxylic acids is 1. The van der Waals surface area contributed by atoms with Crippen LogP contribution >= 0.6 is 23.5 Å².